The average Bonchev–Trinajstić information content (AvgIpc) is 2.71. The maximum Gasteiger partial charge on any atom is 0.273 e. The van der Waals surface area contributed by atoms with Gasteiger partial charge in [0.15, 0.2) is 21.3 Å². The number of carbonyl (C=O) groups is 1. The zero-order valence-corrected chi connectivity index (χ0v) is 20.2. The van der Waals surface area contributed by atoms with Crippen molar-refractivity contribution in [3.8, 4) is 0 Å². The van der Waals surface area contributed by atoms with E-state index in [2.05, 4.69) is 30.8 Å². The number of carbonyl (C=O) groups excluding carboxylic acids is 1. The van der Waals surface area contributed by atoms with Crippen LogP contribution in [0, 0.1) is 6.92 Å². The minimum Gasteiger partial charge on any atom is -0.386 e. The van der Waals surface area contributed by atoms with Gasteiger partial charge in [-0.3, -0.25) is 4.79 Å². The van der Waals surface area contributed by atoms with E-state index in [1.54, 1.807) is 20.8 Å². The van der Waals surface area contributed by atoms with E-state index in [1.165, 1.54) is 30.5 Å². The molecule has 0 spiro atoms. The summed E-state index contributed by atoms with van der Waals surface area (Å²) in [4.78, 5) is 20.9. The smallest absolute Gasteiger partial charge is 0.273 e. The molecule has 11 nitrogen and oxygen atoms in total. The summed E-state index contributed by atoms with van der Waals surface area (Å²) in [6.45, 7) is 1.94. The number of amides is 1. The van der Waals surface area contributed by atoms with Crippen LogP contribution in [0.3, 0.4) is 0 Å². The lowest BCUT2D eigenvalue weighted by Crippen LogP contribution is -2.22. The zero-order chi connectivity index (χ0) is 27.8. The standard InChI is InChI=1S/C21H24ClN7O4S/c1-11-6-7-15(34(5,32)33)19(25-11)26-14-9-17(28-29-18(14)20(30)23-4)27-16-8-13(22)12(10-24-16)21(2,3)31/h6-10,31H,1-5H3,(H,23,30)(H2,24,25,26,27,28)/i4D3. The van der Waals surface area contributed by atoms with E-state index in [1.807, 2.05) is 5.32 Å². The third-order valence-electron chi connectivity index (χ3n) is 4.54. The molecule has 0 aromatic carbocycles. The van der Waals surface area contributed by atoms with Gasteiger partial charge in [-0.25, -0.2) is 18.4 Å². The second kappa shape index (κ2) is 9.49. The normalized spacial score (nSPS) is 13.4. The molecule has 0 unspecified atom stereocenters. The number of pyridine rings is 2. The van der Waals surface area contributed by atoms with Gasteiger partial charge in [0.2, 0.25) is 0 Å². The quantitative estimate of drug-likeness (QED) is 0.373. The van der Waals surface area contributed by atoms with E-state index in [0.717, 1.165) is 6.26 Å². The molecule has 1 amide bonds. The third kappa shape index (κ3) is 5.76. The molecule has 0 aliphatic rings. The lowest BCUT2D eigenvalue weighted by molar-refractivity contribution is 0.0783. The van der Waals surface area contributed by atoms with Gasteiger partial charge in [0.05, 0.1) is 16.3 Å². The fourth-order valence-electron chi connectivity index (χ4n) is 2.92. The topological polar surface area (TPSA) is 159 Å². The van der Waals surface area contributed by atoms with Crippen molar-refractivity contribution in [1.82, 2.24) is 25.5 Å². The SMILES string of the molecule is [2H]C([2H])([2H])NC(=O)c1nnc(Nc2cc(Cl)c(C(C)(C)O)cn2)cc1Nc1nc(C)ccc1S(C)(=O)=O. The molecule has 0 saturated carbocycles. The number of aliphatic hydroxyl groups is 1. The minimum absolute atomic E-state index is 0.0565. The molecule has 0 bridgehead atoms. The first-order chi connectivity index (χ1) is 16.9. The van der Waals surface area contributed by atoms with Crippen LogP contribution in [0.15, 0.2) is 35.4 Å². The van der Waals surface area contributed by atoms with Crippen molar-refractivity contribution in [3.05, 3.63) is 52.4 Å². The van der Waals surface area contributed by atoms with Crippen LogP contribution in [0.2, 0.25) is 5.02 Å². The summed E-state index contributed by atoms with van der Waals surface area (Å²) in [6.07, 6.45) is 2.38. The predicted octanol–water partition coefficient (Wildman–Crippen LogP) is 2.71. The Bertz CT molecular complexity index is 1460. The zero-order valence-electron chi connectivity index (χ0n) is 21.6. The third-order valence-corrected chi connectivity index (χ3v) is 5.98. The maximum atomic E-state index is 12.6. The molecule has 13 heteroatoms. The number of sulfone groups is 1. The number of nitrogens with zero attached hydrogens (tertiary/aromatic N) is 4. The van der Waals surface area contributed by atoms with E-state index in [4.69, 9.17) is 15.7 Å². The van der Waals surface area contributed by atoms with Crippen molar-refractivity contribution in [2.24, 2.45) is 0 Å². The number of hydrogen-bond donors (Lipinski definition) is 4. The molecule has 3 aromatic heterocycles. The van der Waals surface area contributed by atoms with Gasteiger partial charge in [-0.2, -0.15) is 0 Å². The van der Waals surface area contributed by atoms with Gasteiger partial charge < -0.3 is 21.1 Å². The molecule has 0 atom stereocenters. The van der Waals surface area contributed by atoms with Gasteiger partial charge in [-0.05, 0) is 39.0 Å². The highest BCUT2D eigenvalue weighted by atomic mass is 35.5. The first kappa shape index (κ1) is 21.2. The second-order valence-electron chi connectivity index (χ2n) is 7.88. The molecule has 180 valence electrons. The summed E-state index contributed by atoms with van der Waals surface area (Å²) < 4.78 is 46.5. The van der Waals surface area contributed by atoms with Crippen LogP contribution in [0.1, 0.15) is 39.7 Å². The second-order valence-corrected chi connectivity index (χ2v) is 10.3. The summed E-state index contributed by atoms with van der Waals surface area (Å²) >= 11 is 6.26. The molecule has 3 heterocycles. The van der Waals surface area contributed by atoms with E-state index < -0.39 is 34.0 Å². The van der Waals surface area contributed by atoms with Gasteiger partial charge in [-0.1, -0.05) is 11.6 Å². The maximum absolute atomic E-state index is 12.6. The Morgan fingerprint density at radius 3 is 2.53 bits per heavy atom. The highest BCUT2D eigenvalue weighted by molar-refractivity contribution is 7.90. The largest absolute Gasteiger partial charge is 0.386 e. The van der Waals surface area contributed by atoms with E-state index in [-0.39, 0.29) is 33.1 Å². The molecule has 0 aliphatic carbocycles. The number of hydrogen-bond acceptors (Lipinski definition) is 10. The summed E-state index contributed by atoms with van der Waals surface area (Å²) in [5.41, 5.74) is -0.859. The Balaban J connectivity index is 2.07. The molecule has 34 heavy (non-hydrogen) atoms. The first-order valence-electron chi connectivity index (χ1n) is 11.2. The number of nitrogens with one attached hydrogen (secondary N) is 3. The Morgan fingerprint density at radius 1 is 1.18 bits per heavy atom. The molecular formula is C21H24ClN7O4S. The van der Waals surface area contributed by atoms with E-state index in [9.17, 15) is 18.3 Å². The summed E-state index contributed by atoms with van der Waals surface area (Å²) in [6, 6.07) is 5.61. The van der Waals surface area contributed by atoms with Crippen molar-refractivity contribution in [1.29, 1.82) is 0 Å². The Labute approximate surface area is 206 Å². The molecule has 0 radical (unpaired) electrons. The van der Waals surface area contributed by atoms with Crippen molar-refractivity contribution >= 4 is 50.5 Å². The molecule has 4 N–H and O–H groups in total. The van der Waals surface area contributed by atoms with Crippen molar-refractivity contribution in [2.75, 3.05) is 23.9 Å². The summed E-state index contributed by atoms with van der Waals surface area (Å²) in [7, 11) is -3.72. The number of rotatable bonds is 7. The van der Waals surface area contributed by atoms with Gasteiger partial charge in [0.25, 0.3) is 5.91 Å². The van der Waals surface area contributed by atoms with Crippen LogP contribution in [0.5, 0.6) is 0 Å². The summed E-state index contributed by atoms with van der Waals surface area (Å²) in [5, 5.41) is 25.6. The van der Waals surface area contributed by atoms with Crippen molar-refractivity contribution < 1.29 is 22.4 Å². The van der Waals surface area contributed by atoms with E-state index >= 15 is 0 Å². The highest BCUT2D eigenvalue weighted by Gasteiger charge is 2.22. The van der Waals surface area contributed by atoms with Gasteiger partial charge >= 0.3 is 0 Å². The van der Waals surface area contributed by atoms with Gasteiger partial charge in [0, 0.05) is 40.9 Å². The van der Waals surface area contributed by atoms with Crippen molar-refractivity contribution in [2.45, 2.75) is 31.3 Å². The number of aromatic nitrogens is 4. The predicted molar refractivity (Wildman–Crippen MR) is 129 cm³/mol. The van der Waals surface area contributed by atoms with Crippen LogP contribution in [0.25, 0.3) is 0 Å². The highest BCUT2D eigenvalue weighted by Crippen LogP contribution is 2.30. The molecule has 3 aromatic rings. The first-order valence-corrected chi connectivity index (χ1v) is 12.0. The Morgan fingerprint density at radius 2 is 1.91 bits per heavy atom. The molecular weight excluding hydrogens is 482 g/mol. The lowest BCUT2D eigenvalue weighted by atomic mass is 10.0. The van der Waals surface area contributed by atoms with Crippen LogP contribution in [0.4, 0.5) is 23.1 Å². The Hall–Kier alpha value is -3.35. The van der Waals surface area contributed by atoms with Crippen LogP contribution in [-0.4, -0.2) is 52.8 Å². The molecule has 3 rings (SSSR count). The number of aryl methyl sites for hydroxylation is 1. The Kier molecular flexibility index (Phi) is 5.92. The fourth-order valence-corrected chi connectivity index (χ4v) is 4.06. The van der Waals surface area contributed by atoms with Crippen LogP contribution in [-0.2, 0) is 15.4 Å². The van der Waals surface area contributed by atoms with Crippen LogP contribution < -0.4 is 16.0 Å². The molecule has 0 fully saturated rings. The van der Waals surface area contributed by atoms with Gasteiger partial charge in [0.1, 0.15) is 16.5 Å². The molecule has 0 saturated heterocycles. The minimum atomic E-state index is -3.72. The van der Waals surface area contributed by atoms with E-state index in [0.29, 0.717) is 11.3 Å². The number of anilines is 4. The average molecular weight is 509 g/mol. The van der Waals surface area contributed by atoms with Gasteiger partial charge in [-0.15, -0.1) is 10.2 Å². The van der Waals surface area contributed by atoms with Crippen molar-refractivity contribution in [3.63, 3.8) is 0 Å². The number of halogens is 1. The van der Waals surface area contributed by atoms with Crippen LogP contribution >= 0.6 is 11.6 Å². The molecule has 0 aliphatic heterocycles. The monoisotopic (exact) mass is 508 g/mol. The lowest BCUT2D eigenvalue weighted by Gasteiger charge is -2.19. The fraction of sp³-hybridized carbons (Fsp3) is 0.286. The summed E-state index contributed by atoms with van der Waals surface area (Å²) in [5.74, 6) is -0.893.